The van der Waals surface area contributed by atoms with E-state index in [1.54, 1.807) is 6.20 Å². The number of unbranched alkanes of at least 4 members (excludes halogenated alkanes) is 2. The van der Waals surface area contributed by atoms with Gasteiger partial charge in [0.1, 0.15) is 17.2 Å². The number of aliphatic hydroxyl groups excluding tert-OH is 1. The molecule has 1 aliphatic heterocycles. The average molecular weight is 447 g/mol. The number of hydrogen-bond acceptors (Lipinski definition) is 4. The fourth-order valence-corrected chi connectivity index (χ4v) is 3.39. The number of carbonyl (C=O) groups is 1. The van der Waals surface area contributed by atoms with Gasteiger partial charge in [0.05, 0.1) is 12.3 Å². The van der Waals surface area contributed by atoms with Gasteiger partial charge in [-0.05, 0) is 42.3 Å². The van der Waals surface area contributed by atoms with Crippen LogP contribution in [0.5, 0.6) is 0 Å². The molecule has 1 unspecified atom stereocenters. The van der Waals surface area contributed by atoms with E-state index in [9.17, 15) is 9.90 Å². The van der Waals surface area contributed by atoms with E-state index in [-0.39, 0.29) is 11.4 Å². The minimum atomic E-state index is -0.500. The molecule has 3 rings (SSSR count). The van der Waals surface area contributed by atoms with Crippen molar-refractivity contribution in [2.24, 2.45) is 0 Å². The Labute approximate surface area is 188 Å². The van der Waals surface area contributed by atoms with E-state index in [1.165, 1.54) is 12.8 Å². The van der Waals surface area contributed by atoms with Crippen LogP contribution in [-0.2, 0) is 4.79 Å². The molecule has 1 N–H and O–H groups in total. The lowest BCUT2D eigenvalue weighted by molar-refractivity contribution is -0.108. The number of aldehydes is 1. The van der Waals surface area contributed by atoms with Crippen LogP contribution in [0.25, 0.3) is 5.57 Å². The molecule has 0 fully saturated rings. The average Bonchev–Trinajstić information content (AvgIpc) is 2.79. The number of carbonyl (C=O) groups excluding carboxylic acids is 1. The van der Waals surface area contributed by atoms with Gasteiger partial charge in [-0.2, -0.15) is 0 Å². The largest absolute Gasteiger partial charge is 0.392 e. The standard InChI is InChI=1S/C18H16N2O2.C6H12Cl2/c21-12-15-10-14(17-8-4-5-9-19-17)11-20(18(15)13-22)16-6-2-1-3-7-16;1-2-3-4-5-6(7)8/h1-11,13,18,21H,12H2;6H,2-5H2,1H3. The van der Waals surface area contributed by atoms with Crippen molar-refractivity contribution >= 4 is 40.7 Å². The summed E-state index contributed by atoms with van der Waals surface area (Å²) in [6.07, 6.45) is 10.9. The molecule has 0 bridgehead atoms. The van der Waals surface area contributed by atoms with Crippen molar-refractivity contribution in [2.45, 2.75) is 43.5 Å². The van der Waals surface area contributed by atoms with Crippen molar-refractivity contribution in [1.29, 1.82) is 0 Å². The Hall–Kier alpha value is -2.14. The second-order valence-electron chi connectivity index (χ2n) is 6.89. The van der Waals surface area contributed by atoms with Gasteiger partial charge in [0.25, 0.3) is 0 Å². The molecule has 0 spiro atoms. The lowest BCUT2D eigenvalue weighted by Crippen LogP contribution is -2.37. The molecule has 0 saturated carbocycles. The summed E-state index contributed by atoms with van der Waals surface area (Å²) in [5.41, 5.74) is 3.22. The van der Waals surface area contributed by atoms with Crippen LogP contribution in [0, 0.1) is 0 Å². The topological polar surface area (TPSA) is 53.4 Å². The van der Waals surface area contributed by atoms with Crippen molar-refractivity contribution in [3.05, 3.63) is 78.3 Å². The molecule has 0 amide bonds. The highest BCUT2D eigenvalue weighted by Crippen LogP contribution is 2.29. The molecule has 0 aliphatic carbocycles. The summed E-state index contributed by atoms with van der Waals surface area (Å²) in [7, 11) is 0. The van der Waals surface area contributed by atoms with Crippen LogP contribution < -0.4 is 4.90 Å². The lowest BCUT2D eigenvalue weighted by Gasteiger charge is -2.32. The first-order valence-corrected chi connectivity index (χ1v) is 11.0. The third-order valence-electron chi connectivity index (χ3n) is 4.65. The molecule has 4 nitrogen and oxygen atoms in total. The van der Waals surface area contributed by atoms with Crippen molar-refractivity contribution in [1.82, 2.24) is 4.98 Å². The van der Waals surface area contributed by atoms with Crippen LogP contribution in [0.2, 0.25) is 0 Å². The highest BCUT2D eigenvalue weighted by atomic mass is 35.5. The van der Waals surface area contributed by atoms with E-state index in [0.29, 0.717) is 5.57 Å². The Morgan fingerprint density at radius 2 is 1.87 bits per heavy atom. The molecule has 0 radical (unpaired) electrons. The van der Waals surface area contributed by atoms with Crippen LogP contribution in [0.3, 0.4) is 0 Å². The summed E-state index contributed by atoms with van der Waals surface area (Å²) >= 11 is 11.0. The predicted molar refractivity (Wildman–Crippen MR) is 126 cm³/mol. The number of nitrogens with zero attached hydrogens (tertiary/aromatic N) is 2. The highest BCUT2D eigenvalue weighted by molar-refractivity contribution is 6.44. The van der Waals surface area contributed by atoms with Crippen LogP contribution in [0.1, 0.15) is 38.3 Å². The van der Waals surface area contributed by atoms with Gasteiger partial charge in [0.2, 0.25) is 0 Å². The highest BCUT2D eigenvalue weighted by Gasteiger charge is 2.25. The molecule has 1 aromatic heterocycles. The van der Waals surface area contributed by atoms with E-state index in [1.807, 2.05) is 65.7 Å². The van der Waals surface area contributed by atoms with Gasteiger partial charge < -0.3 is 14.8 Å². The number of benzene rings is 1. The molecular weight excluding hydrogens is 419 g/mol. The molecule has 30 heavy (non-hydrogen) atoms. The number of halogens is 2. The molecule has 2 heterocycles. The predicted octanol–water partition coefficient (Wildman–Crippen LogP) is 5.80. The molecule has 0 saturated heterocycles. The molecule has 6 heteroatoms. The smallest absolute Gasteiger partial charge is 0.147 e. The normalized spacial score (nSPS) is 15.8. The molecule has 1 aliphatic rings. The number of hydrogen-bond donors (Lipinski definition) is 1. The van der Waals surface area contributed by atoms with Crippen LogP contribution >= 0.6 is 23.2 Å². The van der Waals surface area contributed by atoms with E-state index >= 15 is 0 Å². The number of rotatable bonds is 8. The van der Waals surface area contributed by atoms with Gasteiger partial charge in [-0.3, -0.25) is 4.98 Å². The van der Waals surface area contributed by atoms with Gasteiger partial charge in [0.15, 0.2) is 0 Å². The third-order valence-corrected chi connectivity index (χ3v) is 5.09. The van der Waals surface area contributed by atoms with Gasteiger partial charge >= 0.3 is 0 Å². The zero-order chi connectivity index (χ0) is 21.8. The number of alkyl halides is 2. The van der Waals surface area contributed by atoms with Crippen LogP contribution in [-0.4, -0.2) is 33.9 Å². The van der Waals surface area contributed by atoms with Gasteiger partial charge in [-0.15, -0.1) is 23.2 Å². The summed E-state index contributed by atoms with van der Waals surface area (Å²) in [4.78, 5) is 17.6. The summed E-state index contributed by atoms with van der Waals surface area (Å²) < 4.78 is 0. The second-order valence-corrected chi connectivity index (χ2v) is 8.16. The summed E-state index contributed by atoms with van der Waals surface area (Å²) in [5, 5.41) is 9.62. The van der Waals surface area contributed by atoms with Crippen LogP contribution in [0.4, 0.5) is 5.69 Å². The summed E-state index contributed by atoms with van der Waals surface area (Å²) in [6, 6.07) is 14.8. The maximum atomic E-state index is 11.5. The maximum absolute atomic E-state index is 11.5. The summed E-state index contributed by atoms with van der Waals surface area (Å²) in [6.45, 7) is 1.99. The van der Waals surface area contributed by atoms with Crippen molar-refractivity contribution in [2.75, 3.05) is 11.5 Å². The Bertz CT molecular complexity index is 824. The van der Waals surface area contributed by atoms with Crippen molar-refractivity contribution in [3.8, 4) is 0 Å². The Kier molecular flexibility index (Phi) is 10.6. The van der Waals surface area contributed by atoms with Crippen molar-refractivity contribution < 1.29 is 9.90 Å². The number of aliphatic hydroxyl groups is 1. The number of para-hydroxylation sites is 1. The van der Waals surface area contributed by atoms with E-state index in [2.05, 4.69) is 11.9 Å². The Balaban J connectivity index is 0.000000343. The zero-order valence-electron chi connectivity index (χ0n) is 17.1. The number of allylic oxidation sites excluding steroid dienone is 2. The van der Waals surface area contributed by atoms with E-state index in [0.717, 1.165) is 36.1 Å². The quantitative estimate of drug-likeness (QED) is 0.316. The van der Waals surface area contributed by atoms with Crippen LogP contribution in [0.15, 0.2) is 72.6 Å². The lowest BCUT2D eigenvalue weighted by atomic mass is 9.98. The zero-order valence-corrected chi connectivity index (χ0v) is 18.6. The first kappa shape index (κ1) is 24.1. The minimum Gasteiger partial charge on any atom is -0.392 e. The number of aromatic nitrogens is 1. The second kappa shape index (κ2) is 13.2. The third kappa shape index (κ3) is 7.28. The first-order valence-electron chi connectivity index (χ1n) is 10.1. The molecular formula is C24H28Cl2N2O2. The minimum absolute atomic E-state index is 0.151. The Morgan fingerprint density at radius 3 is 2.43 bits per heavy atom. The fraction of sp³-hybridized carbons (Fsp3) is 0.333. The van der Waals surface area contributed by atoms with Gasteiger partial charge in [0, 0.05) is 23.7 Å². The molecule has 1 atom stereocenters. The van der Waals surface area contributed by atoms with E-state index in [4.69, 9.17) is 23.2 Å². The van der Waals surface area contributed by atoms with Gasteiger partial charge in [-0.1, -0.05) is 50.5 Å². The monoisotopic (exact) mass is 446 g/mol. The van der Waals surface area contributed by atoms with Crippen molar-refractivity contribution in [3.63, 3.8) is 0 Å². The maximum Gasteiger partial charge on any atom is 0.147 e. The summed E-state index contributed by atoms with van der Waals surface area (Å²) in [5.74, 6) is 0. The number of anilines is 1. The fourth-order valence-electron chi connectivity index (χ4n) is 3.08. The Morgan fingerprint density at radius 1 is 1.13 bits per heavy atom. The SMILES string of the molecule is CCCCCC(Cl)Cl.O=CC1C(CO)=CC(c2ccccn2)=CN1c1ccccc1. The molecule has 160 valence electrons. The van der Waals surface area contributed by atoms with Gasteiger partial charge in [-0.25, -0.2) is 0 Å². The molecule has 2 aromatic rings. The molecule has 1 aromatic carbocycles. The van der Waals surface area contributed by atoms with E-state index < -0.39 is 6.04 Å². The number of pyridine rings is 1. The first-order chi connectivity index (χ1) is 14.6.